The van der Waals surface area contributed by atoms with Crippen LogP contribution in [0.25, 0.3) is 0 Å². The van der Waals surface area contributed by atoms with Crippen molar-refractivity contribution in [3.05, 3.63) is 59.7 Å². The number of azo groups is 2. The Hall–Kier alpha value is -4.01. The predicted molar refractivity (Wildman–Crippen MR) is 164 cm³/mol. The van der Waals surface area contributed by atoms with Gasteiger partial charge in [0.2, 0.25) is 0 Å². The molecule has 5 N–H and O–H groups in total. The van der Waals surface area contributed by atoms with Crippen molar-refractivity contribution in [2.75, 3.05) is 30.5 Å². The molecule has 0 amide bonds. The van der Waals surface area contributed by atoms with Crippen LogP contribution in [0.15, 0.2) is 73.9 Å². The smallest absolute Gasteiger partial charge is 0.296 e. The first-order valence-electron chi connectivity index (χ1n) is 13.0. The highest BCUT2D eigenvalue weighted by Gasteiger charge is 2.16. The van der Waals surface area contributed by atoms with Crippen LogP contribution in [0.1, 0.15) is 24.0 Å². The maximum absolute atomic E-state index is 11.7. The molecular formula is C26H31N5O11S3. The zero-order valence-corrected chi connectivity index (χ0v) is 26.5. The Morgan fingerprint density at radius 3 is 1.67 bits per heavy atom. The summed E-state index contributed by atoms with van der Waals surface area (Å²) in [5.41, 5.74) is 8.07. The van der Waals surface area contributed by atoms with Gasteiger partial charge in [0, 0.05) is 12.1 Å². The summed E-state index contributed by atoms with van der Waals surface area (Å²) < 4.78 is 106. The molecule has 0 aliphatic heterocycles. The van der Waals surface area contributed by atoms with Crippen molar-refractivity contribution >= 4 is 58.8 Å². The summed E-state index contributed by atoms with van der Waals surface area (Å²) in [5.74, 6) is -0.720. The van der Waals surface area contributed by atoms with Crippen molar-refractivity contribution < 1.29 is 48.4 Å². The van der Waals surface area contributed by atoms with E-state index in [4.69, 9.17) is 24.3 Å². The highest BCUT2D eigenvalue weighted by molar-refractivity contribution is 7.86. The number of nitrogens with two attached hydrogens (primary N) is 1. The molecule has 0 radical (unpaired) electrons. The minimum absolute atomic E-state index is 0.0195. The number of hydrogen-bond donors (Lipinski definition) is 4. The van der Waals surface area contributed by atoms with Crippen LogP contribution in [0.5, 0.6) is 11.5 Å². The lowest BCUT2D eigenvalue weighted by Gasteiger charge is -2.12. The van der Waals surface area contributed by atoms with Gasteiger partial charge < -0.3 is 15.2 Å². The molecule has 0 spiro atoms. The zero-order valence-electron chi connectivity index (χ0n) is 24.1. The molecule has 0 aliphatic rings. The first-order valence-corrected chi connectivity index (χ1v) is 17.7. The Labute approximate surface area is 260 Å². The largest absolute Gasteiger partial charge is 0.491 e. The zero-order chi connectivity index (χ0) is 33.4. The van der Waals surface area contributed by atoms with Crippen LogP contribution in [0.4, 0.5) is 28.4 Å². The molecule has 0 atom stereocenters. The summed E-state index contributed by atoms with van der Waals surface area (Å²) in [6.45, 7) is 3.20. The van der Waals surface area contributed by atoms with E-state index in [0.717, 1.165) is 0 Å². The minimum atomic E-state index is -4.57. The van der Waals surface area contributed by atoms with Crippen molar-refractivity contribution in [3.8, 4) is 11.5 Å². The summed E-state index contributed by atoms with van der Waals surface area (Å²) in [7, 11) is -12.9. The van der Waals surface area contributed by atoms with Gasteiger partial charge >= 0.3 is 0 Å². The SMILES string of the molecule is Cc1cc(N)c(OCCCS(=O)(=O)O)cc1N=Nc1cc(C)c(N=Nc2ccccc2S(=O)(=O)O)cc1OCCCS(=O)(=O)O. The number of hydrogen-bond acceptors (Lipinski definition) is 13. The van der Waals surface area contributed by atoms with E-state index in [9.17, 15) is 29.8 Å². The van der Waals surface area contributed by atoms with Crippen LogP contribution in [-0.2, 0) is 30.4 Å². The van der Waals surface area contributed by atoms with Gasteiger partial charge in [-0.05, 0) is 62.1 Å². The van der Waals surface area contributed by atoms with Crippen molar-refractivity contribution in [2.24, 2.45) is 20.5 Å². The maximum atomic E-state index is 11.7. The molecule has 0 aromatic heterocycles. The topological polar surface area (TPSA) is 257 Å². The molecule has 0 saturated carbocycles. The first-order chi connectivity index (χ1) is 20.9. The van der Waals surface area contributed by atoms with E-state index in [-0.39, 0.29) is 60.3 Å². The average Bonchev–Trinajstić information content (AvgIpc) is 2.92. The molecule has 3 rings (SSSR count). The fourth-order valence-corrected chi connectivity index (χ4v) is 5.31. The Bertz CT molecular complexity index is 1930. The number of ether oxygens (including phenoxy) is 2. The van der Waals surface area contributed by atoms with Gasteiger partial charge in [-0.25, -0.2) is 0 Å². The molecule has 19 heteroatoms. The molecule has 0 aliphatic carbocycles. The van der Waals surface area contributed by atoms with Gasteiger partial charge in [0.25, 0.3) is 30.4 Å². The second kappa shape index (κ2) is 14.8. The van der Waals surface area contributed by atoms with Gasteiger partial charge in [0.1, 0.15) is 27.8 Å². The van der Waals surface area contributed by atoms with E-state index < -0.39 is 46.8 Å². The molecule has 0 bridgehead atoms. The minimum Gasteiger partial charge on any atom is -0.491 e. The molecule has 3 aromatic rings. The number of anilines is 1. The van der Waals surface area contributed by atoms with E-state index >= 15 is 0 Å². The summed E-state index contributed by atoms with van der Waals surface area (Å²) in [5, 5.41) is 16.6. The Morgan fingerprint density at radius 2 is 1.11 bits per heavy atom. The molecule has 0 saturated heterocycles. The Morgan fingerprint density at radius 1 is 0.644 bits per heavy atom. The molecule has 16 nitrogen and oxygen atoms in total. The molecular weight excluding hydrogens is 655 g/mol. The Balaban J connectivity index is 1.94. The summed E-state index contributed by atoms with van der Waals surface area (Å²) >= 11 is 0. The summed E-state index contributed by atoms with van der Waals surface area (Å²) in [4.78, 5) is -0.445. The number of rotatable bonds is 15. The van der Waals surface area contributed by atoms with Crippen molar-refractivity contribution in [1.82, 2.24) is 0 Å². The summed E-state index contributed by atoms with van der Waals surface area (Å²) in [6.07, 6.45) is -0.0388. The maximum Gasteiger partial charge on any atom is 0.296 e. The van der Waals surface area contributed by atoms with E-state index in [2.05, 4.69) is 20.5 Å². The average molecular weight is 686 g/mol. The molecule has 0 fully saturated rings. The monoisotopic (exact) mass is 685 g/mol. The lowest BCUT2D eigenvalue weighted by atomic mass is 10.1. The van der Waals surface area contributed by atoms with E-state index in [1.807, 2.05) is 0 Å². The van der Waals surface area contributed by atoms with Crippen LogP contribution in [-0.4, -0.2) is 63.6 Å². The van der Waals surface area contributed by atoms with Gasteiger partial charge in [0.15, 0.2) is 0 Å². The third kappa shape index (κ3) is 11.5. The lowest BCUT2D eigenvalue weighted by molar-refractivity contribution is 0.317. The highest BCUT2D eigenvalue weighted by Crippen LogP contribution is 2.38. The lowest BCUT2D eigenvalue weighted by Crippen LogP contribution is -2.09. The number of nitrogen functional groups attached to an aromatic ring is 1. The second-order valence-corrected chi connectivity index (χ2v) is 14.1. The van der Waals surface area contributed by atoms with E-state index in [1.54, 1.807) is 26.0 Å². The number of nitrogens with zero attached hydrogens (tertiary/aromatic N) is 4. The van der Waals surface area contributed by atoms with Gasteiger partial charge in [-0.15, -0.1) is 10.2 Å². The third-order valence-electron chi connectivity index (χ3n) is 5.89. The van der Waals surface area contributed by atoms with Crippen LogP contribution in [0.3, 0.4) is 0 Å². The molecule has 0 unspecified atom stereocenters. The quantitative estimate of drug-likeness (QED) is 0.0690. The highest BCUT2D eigenvalue weighted by atomic mass is 32.2. The predicted octanol–water partition coefficient (Wildman–Crippen LogP) is 5.28. The second-order valence-electron chi connectivity index (χ2n) is 9.60. The Kier molecular flexibility index (Phi) is 11.7. The van der Waals surface area contributed by atoms with Crippen LogP contribution in [0, 0.1) is 13.8 Å². The van der Waals surface area contributed by atoms with Crippen molar-refractivity contribution in [3.63, 3.8) is 0 Å². The molecule has 3 aromatic carbocycles. The van der Waals surface area contributed by atoms with E-state index in [1.165, 1.54) is 36.4 Å². The first kappa shape index (κ1) is 35.5. The third-order valence-corrected chi connectivity index (χ3v) is 8.40. The van der Waals surface area contributed by atoms with Crippen molar-refractivity contribution in [2.45, 2.75) is 31.6 Å². The van der Waals surface area contributed by atoms with Crippen LogP contribution >= 0.6 is 0 Å². The fraction of sp³-hybridized carbons (Fsp3) is 0.308. The van der Waals surface area contributed by atoms with Crippen LogP contribution < -0.4 is 15.2 Å². The fourth-order valence-electron chi connectivity index (χ4n) is 3.72. The normalized spacial score (nSPS) is 12.6. The molecule has 0 heterocycles. The standard InChI is InChI=1S/C26H31N5O11S3/c1-17-13-19(27)24(41-9-5-11-43(32,33)34)15-21(17)30-31-23-14-18(2)22(16-25(23)42-10-6-12-44(35,36)37)29-28-20-7-3-4-8-26(20)45(38,39)40/h3-4,7-8,13-16H,5-6,9-12,27H2,1-2H3,(H,32,33,34)(H,35,36,37)(H,38,39,40). The number of aryl methyl sites for hydroxylation is 2. The van der Waals surface area contributed by atoms with Gasteiger partial charge in [0.05, 0.1) is 41.8 Å². The number of benzene rings is 3. The van der Waals surface area contributed by atoms with E-state index in [0.29, 0.717) is 16.8 Å². The van der Waals surface area contributed by atoms with Crippen LogP contribution in [0.2, 0.25) is 0 Å². The van der Waals surface area contributed by atoms with Gasteiger partial charge in [-0.2, -0.15) is 35.5 Å². The van der Waals surface area contributed by atoms with Gasteiger partial charge in [-0.1, -0.05) is 12.1 Å². The molecule has 45 heavy (non-hydrogen) atoms. The van der Waals surface area contributed by atoms with Crippen molar-refractivity contribution in [1.29, 1.82) is 0 Å². The summed E-state index contributed by atoms with van der Waals surface area (Å²) in [6, 6.07) is 11.5. The van der Waals surface area contributed by atoms with Gasteiger partial charge in [-0.3, -0.25) is 13.7 Å². The molecule has 244 valence electrons.